The van der Waals surface area contributed by atoms with Crippen molar-refractivity contribution in [1.29, 1.82) is 0 Å². The second-order valence-electron chi connectivity index (χ2n) is 4.87. The molecule has 0 amide bonds. The van der Waals surface area contributed by atoms with Gasteiger partial charge in [-0.05, 0) is 36.2 Å². The van der Waals surface area contributed by atoms with Crippen LogP contribution in [0.4, 0.5) is 10.2 Å². The Morgan fingerprint density at radius 1 is 1.30 bits per heavy atom. The minimum atomic E-state index is -3.80. The van der Waals surface area contributed by atoms with E-state index in [0.29, 0.717) is 11.1 Å². The molecule has 1 N–H and O–H groups in total. The lowest BCUT2D eigenvalue weighted by molar-refractivity contribution is 0.0600. The number of anilines is 1. The van der Waals surface area contributed by atoms with Crippen molar-refractivity contribution in [2.24, 2.45) is 0 Å². The third-order valence-electron chi connectivity index (χ3n) is 3.03. The molecule has 1 aromatic carbocycles. The molecule has 1 heterocycles. The number of rotatable bonds is 5. The van der Waals surface area contributed by atoms with Crippen LogP contribution in [0.25, 0.3) is 0 Å². The van der Waals surface area contributed by atoms with Gasteiger partial charge in [-0.1, -0.05) is 12.1 Å². The zero-order chi connectivity index (χ0) is 17.0. The minimum Gasteiger partial charge on any atom is -0.465 e. The predicted octanol–water partition coefficient (Wildman–Crippen LogP) is 2.26. The Kier molecular flexibility index (Phi) is 4.95. The molecule has 0 spiro atoms. The zero-order valence-corrected chi connectivity index (χ0v) is 13.4. The third kappa shape index (κ3) is 4.49. The van der Waals surface area contributed by atoms with Gasteiger partial charge in [0, 0.05) is 6.20 Å². The number of halogens is 1. The van der Waals surface area contributed by atoms with Crippen molar-refractivity contribution in [1.82, 2.24) is 4.98 Å². The first-order valence-corrected chi connectivity index (χ1v) is 8.26. The van der Waals surface area contributed by atoms with Crippen LogP contribution in [0.2, 0.25) is 0 Å². The SMILES string of the molecule is COC(=O)c1ccnc(NS(=O)(=O)Cc2ccc(C)c(F)c2)c1. The molecule has 0 aliphatic carbocycles. The molecule has 0 aliphatic heterocycles. The van der Waals surface area contributed by atoms with Crippen molar-refractivity contribution >= 4 is 21.8 Å². The maximum atomic E-state index is 13.5. The van der Waals surface area contributed by atoms with Gasteiger partial charge in [0.15, 0.2) is 0 Å². The average molecular weight is 338 g/mol. The largest absolute Gasteiger partial charge is 0.465 e. The van der Waals surface area contributed by atoms with Gasteiger partial charge >= 0.3 is 5.97 Å². The quantitative estimate of drug-likeness (QED) is 0.845. The predicted molar refractivity (Wildman–Crippen MR) is 83.0 cm³/mol. The summed E-state index contributed by atoms with van der Waals surface area (Å²) in [6.07, 6.45) is 1.29. The Labute approximate surface area is 133 Å². The van der Waals surface area contributed by atoms with Gasteiger partial charge < -0.3 is 4.74 Å². The summed E-state index contributed by atoms with van der Waals surface area (Å²) in [5, 5.41) is 0. The normalized spacial score (nSPS) is 11.1. The summed E-state index contributed by atoms with van der Waals surface area (Å²) in [6.45, 7) is 1.59. The van der Waals surface area contributed by atoms with E-state index in [9.17, 15) is 17.6 Å². The number of ether oxygens (including phenoxy) is 1. The molecule has 0 aliphatic rings. The van der Waals surface area contributed by atoms with Crippen molar-refractivity contribution in [3.63, 3.8) is 0 Å². The van der Waals surface area contributed by atoms with Gasteiger partial charge in [0.25, 0.3) is 0 Å². The highest BCUT2D eigenvalue weighted by Crippen LogP contribution is 2.15. The summed E-state index contributed by atoms with van der Waals surface area (Å²) in [5.74, 6) is -1.49. The van der Waals surface area contributed by atoms with Gasteiger partial charge in [0.1, 0.15) is 11.6 Å². The van der Waals surface area contributed by atoms with E-state index in [1.807, 2.05) is 0 Å². The topological polar surface area (TPSA) is 85.4 Å². The van der Waals surface area contributed by atoms with Crippen LogP contribution in [0.1, 0.15) is 21.5 Å². The molecule has 0 bridgehead atoms. The van der Waals surface area contributed by atoms with Crippen LogP contribution < -0.4 is 4.72 Å². The lowest BCUT2D eigenvalue weighted by atomic mass is 10.2. The van der Waals surface area contributed by atoms with Crippen LogP contribution in [0.5, 0.6) is 0 Å². The second kappa shape index (κ2) is 6.74. The molecule has 1 aromatic heterocycles. The Bertz CT molecular complexity index is 837. The third-order valence-corrected chi connectivity index (χ3v) is 4.27. The molecule has 2 aromatic rings. The Morgan fingerprint density at radius 2 is 2.04 bits per heavy atom. The first-order valence-electron chi connectivity index (χ1n) is 6.60. The van der Waals surface area contributed by atoms with Crippen molar-refractivity contribution in [2.45, 2.75) is 12.7 Å². The molecular formula is C15H15FN2O4S. The van der Waals surface area contributed by atoms with Crippen LogP contribution in [0.3, 0.4) is 0 Å². The van der Waals surface area contributed by atoms with E-state index in [4.69, 9.17) is 0 Å². The second-order valence-corrected chi connectivity index (χ2v) is 6.59. The van der Waals surface area contributed by atoms with Crippen molar-refractivity contribution in [3.05, 3.63) is 59.0 Å². The zero-order valence-electron chi connectivity index (χ0n) is 12.5. The maximum Gasteiger partial charge on any atom is 0.338 e. The number of nitrogens with zero attached hydrogens (tertiary/aromatic N) is 1. The fourth-order valence-corrected chi connectivity index (χ4v) is 2.99. The number of pyridine rings is 1. The number of hydrogen-bond acceptors (Lipinski definition) is 5. The molecule has 0 unspecified atom stereocenters. The fourth-order valence-electron chi connectivity index (χ4n) is 1.87. The van der Waals surface area contributed by atoms with Crippen molar-refractivity contribution in [3.8, 4) is 0 Å². The van der Waals surface area contributed by atoms with E-state index in [-0.39, 0.29) is 11.4 Å². The van der Waals surface area contributed by atoms with E-state index in [0.717, 1.165) is 0 Å². The number of aryl methyl sites for hydroxylation is 1. The molecule has 6 nitrogen and oxygen atoms in total. The molecule has 0 fully saturated rings. The van der Waals surface area contributed by atoms with E-state index in [1.54, 1.807) is 6.92 Å². The number of aromatic nitrogens is 1. The smallest absolute Gasteiger partial charge is 0.338 e. The lowest BCUT2D eigenvalue weighted by Crippen LogP contribution is -2.16. The summed E-state index contributed by atoms with van der Waals surface area (Å²) < 4.78 is 44.5. The highest BCUT2D eigenvalue weighted by Gasteiger charge is 2.15. The molecule has 2 rings (SSSR count). The van der Waals surface area contributed by atoms with Gasteiger partial charge in [-0.15, -0.1) is 0 Å². The van der Waals surface area contributed by atoms with Gasteiger partial charge in [0.2, 0.25) is 10.0 Å². The molecule has 0 radical (unpaired) electrons. The van der Waals surface area contributed by atoms with Crippen LogP contribution in [0.15, 0.2) is 36.5 Å². The molecular weight excluding hydrogens is 323 g/mol. The van der Waals surface area contributed by atoms with Gasteiger partial charge in [-0.2, -0.15) is 0 Å². The number of esters is 1. The number of sulfonamides is 1. The molecule has 0 saturated heterocycles. The Balaban J connectivity index is 2.18. The number of hydrogen-bond donors (Lipinski definition) is 1. The number of carbonyl (C=O) groups excluding carboxylic acids is 1. The summed E-state index contributed by atoms with van der Waals surface area (Å²) in [7, 11) is -2.58. The van der Waals surface area contributed by atoms with Crippen molar-refractivity contribution < 1.29 is 22.3 Å². The van der Waals surface area contributed by atoms with Gasteiger partial charge in [-0.3, -0.25) is 4.72 Å². The number of nitrogens with one attached hydrogen (secondary N) is 1. The van der Waals surface area contributed by atoms with E-state index < -0.39 is 27.6 Å². The molecule has 23 heavy (non-hydrogen) atoms. The number of benzene rings is 1. The fraction of sp³-hybridized carbons (Fsp3) is 0.200. The van der Waals surface area contributed by atoms with Crippen LogP contribution >= 0.6 is 0 Å². The molecule has 8 heteroatoms. The highest BCUT2D eigenvalue weighted by molar-refractivity contribution is 7.91. The maximum absolute atomic E-state index is 13.5. The summed E-state index contributed by atoms with van der Waals surface area (Å²) >= 11 is 0. The monoisotopic (exact) mass is 338 g/mol. The Hall–Kier alpha value is -2.48. The van der Waals surface area contributed by atoms with Crippen LogP contribution in [-0.4, -0.2) is 26.5 Å². The average Bonchev–Trinajstić information content (AvgIpc) is 2.49. The standard InChI is InChI=1S/C15H15FN2O4S/c1-10-3-4-11(7-13(10)16)9-23(20,21)18-14-8-12(5-6-17-14)15(19)22-2/h3-8H,9H2,1-2H3,(H,17,18). The van der Waals surface area contributed by atoms with Crippen molar-refractivity contribution in [2.75, 3.05) is 11.8 Å². The lowest BCUT2D eigenvalue weighted by Gasteiger charge is -2.09. The summed E-state index contributed by atoms with van der Waals surface area (Å²) in [5.41, 5.74) is 0.915. The molecule has 0 saturated carbocycles. The first kappa shape index (κ1) is 16.9. The van der Waals surface area contributed by atoms with E-state index in [2.05, 4.69) is 14.4 Å². The molecule has 122 valence electrons. The Morgan fingerprint density at radius 3 is 2.70 bits per heavy atom. The first-order chi connectivity index (χ1) is 10.8. The van der Waals surface area contributed by atoms with Crippen LogP contribution in [0, 0.1) is 12.7 Å². The van der Waals surface area contributed by atoms with E-state index >= 15 is 0 Å². The summed E-state index contributed by atoms with van der Waals surface area (Å²) in [4.78, 5) is 15.3. The van der Waals surface area contributed by atoms with Gasteiger partial charge in [0.05, 0.1) is 18.4 Å². The minimum absolute atomic E-state index is 0.0134. The number of carbonyl (C=O) groups is 1. The van der Waals surface area contributed by atoms with Crippen LogP contribution in [-0.2, 0) is 20.5 Å². The van der Waals surface area contributed by atoms with Gasteiger partial charge in [-0.25, -0.2) is 22.6 Å². The molecule has 0 atom stereocenters. The van der Waals surface area contributed by atoms with E-state index in [1.165, 1.54) is 43.6 Å². The highest BCUT2D eigenvalue weighted by atomic mass is 32.2. The number of methoxy groups -OCH3 is 1. The summed E-state index contributed by atoms with van der Waals surface area (Å²) in [6, 6.07) is 6.89.